The van der Waals surface area contributed by atoms with E-state index in [9.17, 15) is 0 Å². The van der Waals surface area contributed by atoms with E-state index in [0.717, 1.165) is 12.5 Å². The van der Waals surface area contributed by atoms with Gasteiger partial charge in [-0.25, -0.2) is 0 Å². The van der Waals surface area contributed by atoms with E-state index in [1.54, 1.807) is 0 Å². The van der Waals surface area contributed by atoms with E-state index < -0.39 is 0 Å². The van der Waals surface area contributed by atoms with Gasteiger partial charge in [0.25, 0.3) is 0 Å². The summed E-state index contributed by atoms with van der Waals surface area (Å²) in [5.74, 6) is 0.773. The summed E-state index contributed by atoms with van der Waals surface area (Å²) in [5, 5.41) is 6.34. The van der Waals surface area contributed by atoms with Gasteiger partial charge < -0.3 is 5.32 Å². The van der Waals surface area contributed by atoms with E-state index in [-0.39, 0.29) is 0 Å². The second kappa shape index (κ2) is 2.63. The molecule has 1 aromatic carbocycles. The van der Waals surface area contributed by atoms with Crippen LogP contribution in [0.2, 0.25) is 0 Å². The maximum absolute atomic E-state index is 3.51. The van der Waals surface area contributed by atoms with E-state index in [1.165, 1.54) is 29.0 Å². The molecule has 1 aliphatic heterocycles. The van der Waals surface area contributed by atoms with E-state index in [0.29, 0.717) is 0 Å². The molecule has 1 unspecified atom stereocenters. The highest BCUT2D eigenvalue weighted by Crippen LogP contribution is 2.23. The van der Waals surface area contributed by atoms with Crippen LogP contribution >= 0.6 is 0 Å². The minimum absolute atomic E-state index is 0.773. The highest BCUT2D eigenvalue weighted by Gasteiger charge is 2.21. The zero-order valence-corrected chi connectivity index (χ0v) is 7.59. The third-order valence-electron chi connectivity index (χ3n) is 3.09. The molecule has 2 aliphatic rings. The maximum Gasteiger partial charge on any atom is 0.0221 e. The Bertz CT molecular complexity index is 444. The lowest BCUT2D eigenvalue weighted by Gasteiger charge is -2.13. The van der Waals surface area contributed by atoms with Crippen LogP contribution in [0.25, 0.3) is 11.8 Å². The molecule has 0 spiro atoms. The lowest BCUT2D eigenvalue weighted by Crippen LogP contribution is -2.34. The van der Waals surface area contributed by atoms with Crippen molar-refractivity contribution in [2.75, 3.05) is 6.54 Å². The summed E-state index contributed by atoms with van der Waals surface area (Å²) >= 11 is 0. The van der Waals surface area contributed by atoms with Gasteiger partial charge in [-0.15, -0.1) is 0 Å². The Balaban J connectivity index is 2.38. The quantitative estimate of drug-likeness (QED) is 0.602. The van der Waals surface area contributed by atoms with Crippen molar-refractivity contribution in [2.45, 2.75) is 12.8 Å². The van der Waals surface area contributed by atoms with E-state index in [1.807, 2.05) is 0 Å². The lowest BCUT2D eigenvalue weighted by molar-refractivity contribution is 0.696. The molecule has 1 aromatic rings. The standard InChI is InChI=1S/C12H13N/c1-2-4-11-9(3-1)5-6-10-7-8-13-12(10)11/h1-5,10,13H,6-8H2. The van der Waals surface area contributed by atoms with Crippen molar-refractivity contribution in [1.82, 2.24) is 5.32 Å². The summed E-state index contributed by atoms with van der Waals surface area (Å²) in [6.45, 7) is 1.15. The molecule has 13 heavy (non-hydrogen) atoms. The van der Waals surface area contributed by atoms with E-state index >= 15 is 0 Å². The molecule has 66 valence electrons. The topological polar surface area (TPSA) is 12.0 Å². The predicted molar refractivity (Wildman–Crippen MR) is 54.3 cm³/mol. The molecule has 0 bridgehead atoms. The molecule has 1 heterocycles. The van der Waals surface area contributed by atoms with Crippen LogP contribution in [0.1, 0.15) is 12.8 Å². The maximum atomic E-state index is 3.51. The highest BCUT2D eigenvalue weighted by molar-refractivity contribution is 5.54. The molecule has 0 amide bonds. The second-order valence-electron chi connectivity index (χ2n) is 3.85. The normalized spacial score (nSPS) is 24.3. The fourth-order valence-corrected chi connectivity index (χ4v) is 2.41. The molecule has 1 fully saturated rings. The van der Waals surface area contributed by atoms with Crippen LogP contribution in [0.3, 0.4) is 0 Å². The minimum atomic E-state index is 0.773. The summed E-state index contributed by atoms with van der Waals surface area (Å²) in [4.78, 5) is 0. The zero-order chi connectivity index (χ0) is 8.67. The SMILES string of the molecule is C1=c2ccccc2=C2NCCC2C1. The number of benzene rings is 1. The summed E-state index contributed by atoms with van der Waals surface area (Å²) in [7, 11) is 0. The summed E-state index contributed by atoms with van der Waals surface area (Å²) in [5.41, 5.74) is 1.48. The largest absolute Gasteiger partial charge is 0.388 e. The van der Waals surface area contributed by atoms with Crippen molar-refractivity contribution in [1.29, 1.82) is 0 Å². The van der Waals surface area contributed by atoms with Crippen LogP contribution < -0.4 is 15.8 Å². The van der Waals surface area contributed by atoms with Gasteiger partial charge in [0, 0.05) is 23.4 Å². The van der Waals surface area contributed by atoms with Gasteiger partial charge in [0.2, 0.25) is 0 Å². The van der Waals surface area contributed by atoms with E-state index in [2.05, 4.69) is 35.7 Å². The van der Waals surface area contributed by atoms with Crippen molar-refractivity contribution in [3.63, 3.8) is 0 Å². The van der Waals surface area contributed by atoms with Crippen molar-refractivity contribution >= 4 is 11.8 Å². The van der Waals surface area contributed by atoms with Crippen LogP contribution in [-0.2, 0) is 0 Å². The summed E-state index contributed by atoms with van der Waals surface area (Å²) < 4.78 is 0. The zero-order valence-electron chi connectivity index (χ0n) is 7.59. The Morgan fingerprint density at radius 3 is 3.15 bits per heavy atom. The molecule has 1 N–H and O–H groups in total. The Kier molecular flexibility index (Phi) is 1.45. The van der Waals surface area contributed by atoms with Gasteiger partial charge in [-0.05, 0) is 18.1 Å². The van der Waals surface area contributed by atoms with Crippen molar-refractivity contribution in [2.24, 2.45) is 5.92 Å². The Morgan fingerprint density at radius 2 is 2.15 bits per heavy atom. The third kappa shape index (κ3) is 0.998. The molecule has 1 saturated heterocycles. The van der Waals surface area contributed by atoms with Gasteiger partial charge in [0.05, 0.1) is 0 Å². The predicted octanol–water partition coefficient (Wildman–Crippen LogP) is 0.588. The third-order valence-corrected chi connectivity index (χ3v) is 3.09. The van der Waals surface area contributed by atoms with Gasteiger partial charge in [-0.1, -0.05) is 30.3 Å². The number of hydrogen-bond acceptors (Lipinski definition) is 1. The highest BCUT2D eigenvalue weighted by atomic mass is 14.9. The average molecular weight is 171 g/mol. The van der Waals surface area contributed by atoms with Gasteiger partial charge in [-0.3, -0.25) is 0 Å². The van der Waals surface area contributed by atoms with Crippen molar-refractivity contribution in [3.05, 3.63) is 34.7 Å². The van der Waals surface area contributed by atoms with Crippen LogP contribution in [0.4, 0.5) is 0 Å². The molecule has 1 atom stereocenters. The van der Waals surface area contributed by atoms with Crippen molar-refractivity contribution < 1.29 is 0 Å². The summed E-state index contributed by atoms with van der Waals surface area (Å²) in [6, 6.07) is 8.68. The molecular formula is C12H13N. The second-order valence-corrected chi connectivity index (χ2v) is 3.85. The fourth-order valence-electron chi connectivity index (χ4n) is 2.41. The van der Waals surface area contributed by atoms with Crippen LogP contribution in [0.15, 0.2) is 24.3 Å². The molecule has 1 heteroatoms. The first kappa shape index (κ1) is 7.19. The first-order chi connectivity index (χ1) is 6.45. The molecular weight excluding hydrogens is 158 g/mol. The fraction of sp³-hybridized carbons (Fsp3) is 0.333. The van der Waals surface area contributed by atoms with Crippen LogP contribution in [0.5, 0.6) is 0 Å². The number of nitrogens with one attached hydrogen (secondary N) is 1. The number of rotatable bonds is 0. The molecule has 0 aromatic heterocycles. The molecule has 1 nitrogen and oxygen atoms in total. The monoisotopic (exact) mass is 171 g/mol. The summed E-state index contributed by atoms with van der Waals surface area (Å²) in [6.07, 6.45) is 4.90. The smallest absolute Gasteiger partial charge is 0.0221 e. The van der Waals surface area contributed by atoms with Crippen LogP contribution in [-0.4, -0.2) is 6.54 Å². The van der Waals surface area contributed by atoms with Gasteiger partial charge in [0.1, 0.15) is 0 Å². The van der Waals surface area contributed by atoms with Crippen LogP contribution in [0, 0.1) is 5.92 Å². The minimum Gasteiger partial charge on any atom is -0.388 e. The number of hydrogen-bond donors (Lipinski definition) is 1. The first-order valence-corrected chi connectivity index (χ1v) is 4.98. The Morgan fingerprint density at radius 1 is 1.23 bits per heavy atom. The van der Waals surface area contributed by atoms with Gasteiger partial charge in [0.15, 0.2) is 0 Å². The van der Waals surface area contributed by atoms with Gasteiger partial charge in [-0.2, -0.15) is 0 Å². The van der Waals surface area contributed by atoms with Crippen molar-refractivity contribution in [3.8, 4) is 0 Å². The molecule has 1 aliphatic carbocycles. The molecule has 0 saturated carbocycles. The Labute approximate surface area is 77.8 Å². The average Bonchev–Trinajstić information content (AvgIpc) is 2.65. The first-order valence-electron chi connectivity index (χ1n) is 4.98. The number of fused-ring (bicyclic) bond motifs is 2. The van der Waals surface area contributed by atoms with E-state index in [4.69, 9.17) is 0 Å². The Hall–Kier alpha value is -1.24. The van der Waals surface area contributed by atoms with Gasteiger partial charge >= 0.3 is 0 Å². The molecule has 0 radical (unpaired) electrons. The lowest BCUT2D eigenvalue weighted by atomic mass is 9.94. The molecule has 3 rings (SSSR count).